The fourth-order valence-electron chi connectivity index (χ4n) is 4.49. The molecule has 2 saturated heterocycles. The minimum absolute atomic E-state index is 0.00887. The zero-order chi connectivity index (χ0) is 22.2. The lowest BCUT2D eigenvalue weighted by atomic mass is 9.79. The molecule has 0 saturated carbocycles. The Labute approximate surface area is 178 Å². The third kappa shape index (κ3) is 3.93. The molecule has 166 valence electrons. The Hall–Kier alpha value is -2.11. The van der Waals surface area contributed by atoms with E-state index in [2.05, 4.69) is 10.5 Å². The van der Waals surface area contributed by atoms with Crippen molar-refractivity contribution in [3.05, 3.63) is 10.6 Å². The number of carbonyl (C=O) groups excluding carboxylic acids is 2. The van der Waals surface area contributed by atoms with Gasteiger partial charge in [0.15, 0.2) is 0 Å². The van der Waals surface area contributed by atoms with Crippen LogP contribution >= 0.6 is 11.8 Å². The first kappa shape index (κ1) is 22.6. The molecule has 0 radical (unpaired) electrons. The quantitative estimate of drug-likeness (QED) is 0.138. The number of carbonyl (C=O) groups is 3. The highest BCUT2D eigenvalue weighted by Crippen LogP contribution is 2.51. The van der Waals surface area contributed by atoms with E-state index in [4.69, 9.17) is 4.74 Å². The molecular weight excluding hydrogens is 414 g/mol. The lowest BCUT2D eigenvalue weighted by molar-refractivity contribution is -0.163. The maximum atomic E-state index is 12.4. The van der Waals surface area contributed by atoms with E-state index in [1.165, 1.54) is 16.7 Å². The minimum Gasteiger partial charge on any atom is -0.477 e. The predicted octanol–water partition coefficient (Wildman–Crippen LogP) is 0.387. The smallest absolute Gasteiger partial charge is 0.353 e. The van der Waals surface area contributed by atoms with Crippen LogP contribution < -0.4 is 5.32 Å². The van der Waals surface area contributed by atoms with Crippen LogP contribution in [0.3, 0.4) is 0 Å². The Bertz CT molecular complexity index is 797. The predicted molar refractivity (Wildman–Crippen MR) is 108 cm³/mol. The molecule has 2 fully saturated rings. The monoisotopic (exact) mass is 441 g/mol. The van der Waals surface area contributed by atoms with Crippen molar-refractivity contribution in [3.63, 3.8) is 0 Å². The van der Waals surface area contributed by atoms with E-state index in [0.717, 1.165) is 0 Å². The Morgan fingerprint density at radius 2 is 2.13 bits per heavy atom. The molecule has 3 heterocycles. The van der Waals surface area contributed by atoms with Crippen LogP contribution in [0.15, 0.2) is 15.8 Å². The molecular formula is C19H27N3O7S. The normalized spacial score (nSPS) is 32.1. The van der Waals surface area contributed by atoms with Crippen LogP contribution in [0.5, 0.6) is 0 Å². The van der Waals surface area contributed by atoms with Crippen molar-refractivity contribution in [2.75, 3.05) is 13.2 Å². The molecule has 0 bridgehead atoms. The van der Waals surface area contributed by atoms with E-state index >= 15 is 0 Å². The van der Waals surface area contributed by atoms with Gasteiger partial charge in [-0.3, -0.25) is 9.59 Å². The van der Waals surface area contributed by atoms with Gasteiger partial charge in [0, 0.05) is 22.6 Å². The van der Waals surface area contributed by atoms with Gasteiger partial charge in [0.05, 0.1) is 42.8 Å². The number of aliphatic carboxylic acids is 1. The lowest BCUT2D eigenvalue weighted by Crippen LogP contribution is -2.63. The third-order valence-corrected chi connectivity index (χ3v) is 7.37. The third-order valence-electron chi connectivity index (χ3n) is 5.86. The van der Waals surface area contributed by atoms with Gasteiger partial charge in [-0.2, -0.15) is 0 Å². The number of nitrogens with zero attached hydrogens (tertiary/aromatic N) is 2. The Balaban J connectivity index is 1.71. The maximum Gasteiger partial charge on any atom is 0.353 e. The van der Waals surface area contributed by atoms with E-state index in [9.17, 15) is 29.8 Å². The molecule has 0 unspecified atom stereocenters. The number of nitrogens with one attached hydrogen (secondary N) is 1. The molecule has 30 heavy (non-hydrogen) atoms. The van der Waals surface area contributed by atoms with Gasteiger partial charge < -0.3 is 30.4 Å². The molecule has 6 atom stereocenters. The summed E-state index contributed by atoms with van der Waals surface area (Å²) in [6.07, 6.45) is -0.436. The summed E-state index contributed by atoms with van der Waals surface area (Å²) in [6, 6.07) is -0.680. The average molecular weight is 442 g/mol. The largest absolute Gasteiger partial charge is 0.477 e. The number of carboxylic acids is 1. The Kier molecular flexibility index (Phi) is 6.73. The summed E-state index contributed by atoms with van der Waals surface area (Å²) in [4.78, 5) is 37.9. The number of esters is 1. The molecule has 0 aromatic heterocycles. The van der Waals surface area contributed by atoms with Gasteiger partial charge in [-0.25, -0.2) is 4.79 Å². The molecule has 3 aliphatic heterocycles. The summed E-state index contributed by atoms with van der Waals surface area (Å²) in [6.45, 7) is 5.88. The van der Waals surface area contributed by atoms with E-state index < -0.39 is 24.0 Å². The van der Waals surface area contributed by atoms with Crippen molar-refractivity contribution in [2.24, 2.45) is 17.0 Å². The molecule has 3 aliphatic rings. The summed E-state index contributed by atoms with van der Waals surface area (Å²) in [5.41, 5.74) is 0.266. The fraction of sp³-hybridized carbons (Fsp3) is 0.684. The zero-order valence-corrected chi connectivity index (χ0v) is 17.9. The molecule has 11 heteroatoms. The number of oxime groups is 1. The number of aliphatic hydroxyl groups is 1. The van der Waals surface area contributed by atoms with Crippen LogP contribution in [0, 0.1) is 11.8 Å². The number of rotatable bonds is 8. The van der Waals surface area contributed by atoms with Crippen molar-refractivity contribution >= 4 is 35.3 Å². The number of hydrogen-bond acceptors (Lipinski definition) is 9. The number of aliphatic hydroxyl groups excluding tert-OH is 1. The van der Waals surface area contributed by atoms with Gasteiger partial charge in [0.1, 0.15) is 5.70 Å². The SMILES string of the molecule is CCOC(=O)C/C(=N\O)[C@@H]1C[C@H](SC2=C(C(=O)O)N3C(=O)[C@H]([C@@H](C)O)[C@H]3[C@H]2C)CN1. The maximum absolute atomic E-state index is 12.4. The number of hydrogen-bond donors (Lipinski definition) is 4. The van der Waals surface area contributed by atoms with Gasteiger partial charge in [0.2, 0.25) is 5.91 Å². The van der Waals surface area contributed by atoms with Crippen LogP contribution in [0.1, 0.15) is 33.6 Å². The van der Waals surface area contributed by atoms with E-state index in [-0.39, 0.29) is 53.6 Å². The number of thioether (sulfide) groups is 1. The number of β-lactam (4-membered cyclic amide) rings is 1. The Morgan fingerprint density at radius 3 is 2.70 bits per heavy atom. The standard InChI is InChI=1S/C19H27N3O7S/c1-4-29-13(24)6-12(21-28)11-5-10(7-20-11)30-17-8(2)15-14(9(3)23)18(25)22(15)16(17)19(26)27/h8-11,14-15,20,23,28H,4-7H2,1-3H3,(H,26,27)/b21-12+/t8-,9-,10+,11+,14-,15-/m1/s1. The second-order valence-corrected chi connectivity index (χ2v) is 9.12. The van der Waals surface area contributed by atoms with E-state index in [0.29, 0.717) is 17.9 Å². The van der Waals surface area contributed by atoms with Gasteiger partial charge in [-0.15, -0.1) is 11.8 Å². The molecule has 10 nitrogen and oxygen atoms in total. The topological polar surface area (TPSA) is 149 Å². The average Bonchev–Trinajstić information content (AvgIpc) is 3.22. The summed E-state index contributed by atoms with van der Waals surface area (Å²) in [7, 11) is 0. The summed E-state index contributed by atoms with van der Waals surface area (Å²) in [5, 5.41) is 35.4. The van der Waals surface area contributed by atoms with Crippen molar-refractivity contribution in [3.8, 4) is 0 Å². The second kappa shape index (κ2) is 8.94. The van der Waals surface area contributed by atoms with Gasteiger partial charge >= 0.3 is 11.9 Å². The number of carboxylic acid groups (broad SMARTS) is 1. The highest BCUT2D eigenvalue weighted by Gasteiger charge is 2.60. The first-order valence-corrected chi connectivity index (χ1v) is 10.8. The van der Waals surface area contributed by atoms with Crippen LogP contribution in [0.25, 0.3) is 0 Å². The molecule has 1 amide bonds. The van der Waals surface area contributed by atoms with Crippen molar-refractivity contribution in [2.45, 2.75) is 57.1 Å². The molecule has 3 rings (SSSR count). The molecule has 0 aromatic rings. The zero-order valence-electron chi connectivity index (χ0n) is 17.1. The first-order chi connectivity index (χ1) is 14.2. The van der Waals surface area contributed by atoms with Gasteiger partial charge in [-0.05, 0) is 20.3 Å². The molecule has 0 aliphatic carbocycles. The summed E-state index contributed by atoms with van der Waals surface area (Å²) in [5.74, 6) is -2.80. The van der Waals surface area contributed by atoms with Gasteiger partial charge in [-0.1, -0.05) is 12.1 Å². The van der Waals surface area contributed by atoms with Gasteiger partial charge in [0.25, 0.3) is 0 Å². The lowest BCUT2D eigenvalue weighted by Gasteiger charge is -2.46. The van der Waals surface area contributed by atoms with Crippen molar-refractivity contribution in [1.29, 1.82) is 0 Å². The van der Waals surface area contributed by atoms with Crippen LogP contribution in [0.4, 0.5) is 0 Å². The van der Waals surface area contributed by atoms with Crippen LogP contribution in [-0.4, -0.2) is 80.5 Å². The summed E-state index contributed by atoms with van der Waals surface area (Å²) < 4.78 is 4.90. The molecule has 0 spiro atoms. The van der Waals surface area contributed by atoms with Crippen molar-refractivity contribution in [1.82, 2.24) is 10.2 Å². The van der Waals surface area contributed by atoms with Crippen LogP contribution in [0.2, 0.25) is 0 Å². The molecule has 0 aromatic carbocycles. The number of amides is 1. The first-order valence-electron chi connectivity index (χ1n) is 9.96. The van der Waals surface area contributed by atoms with E-state index in [1.54, 1.807) is 13.8 Å². The molecule has 4 N–H and O–H groups in total. The highest BCUT2D eigenvalue weighted by molar-refractivity contribution is 8.03. The fourth-order valence-corrected chi connectivity index (χ4v) is 5.97. The van der Waals surface area contributed by atoms with E-state index in [1.807, 2.05) is 6.92 Å². The highest BCUT2D eigenvalue weighted by atomic mass is 32.2. The van der Waals surface area contributed by atoms with Crippen molar-refractivity contribution < 1.29 is 34.5 Å². The van der Waals surface area contributed by atoms with Crippen LogP contribution in [-0.2, 0) is 19.1 Å². The minimum atomic E-state index is -1.16. The number of ether oxygens (including phenoxy) is 1. The Morgan fingerprint density at radius 1 is 1.43 bits per heavy atom. The number of fused-ring (bicyclic) bond motifs is 1. The second-order valence-electron chi connectivity index (χ2n) is 7.78. The summed E-state index contributed by atoms with van der Waals surface area (Å²) >= 11 is 1.39.